The van der Waals surface area contributed by atoms with E-state index in [1.807, 2.05) is 0 Å². The zero-order valence-corrected chi connectivity index (χ0v) is 31.2. The lowest BCUT2D eigenvalue weighted by Crippen LogP contribution is -2.75. The summed E-state index contributed by atoms with van der Waals surface area (Å²) >= 11 is 0. The van der Waals surface area contributed by atoms with Crippen molar-refractivity contribution in [3.05, 3.63) is 117 Å². The number of carbonyl (C=O) groups excluding carboxylic acids is 1. The highest BCUT2D eigenvalue weighted by molar-refractivity contribution is 7.20. The number of hydrogen-bond acceptors (Lipinski definition) is 2. The molecule has 3 N–H and O–H groups in total. The minimum Gasteiger partial charge on any atom is -0.465 e. The molecule has 0 aliphatic heterocycles. The van der Waals surface area contributed by atoms with Gasteiger partial charge < -0.3 is 10.5 Å². The van der Waals surface area contributed by atoms with E-state index < -0.39 is 195 Å². The Morgan fingerprint density at radius 1 is 0.375 bits per heavy atom. The normalized spacial score (nSPS) is 14.2. The van der Waals surface area contributed by atoms with Gasteiger partial charge in [0.1, 0.15) is 6.15 Å². The van der Waals surface area contributed by atoms with Crippen LogP contribution in [0.15, 0.2) is 72.8 Å². The van der Waals surface area contributed by atoms with Crippen LogP contribution in [0.3, 0.4) is 0 Å². The van der Waals surface area contributed by atoms with Gasteiger partial charge in [-0.3, -0.25) is 0 Å². The van der Waals surface area contributed by atoms with E-state index in [2.05, 4.69) is 10.5 Å². The molecule has 354 valence electrons. The summed E-state index contributed by atoms with van der Waals surface area (Å²) in [4.78, 5) is 10.2. The van der Waals surface area contributed by atoms with Gasteiger partial charge in [0.2, 0.25) is 0 Å². The van der Waals surface area contributed by atoms with Crippen molar-refractivity contribution < 1.29 is 121 Å². The van der Waals surface area contributed by atoms with Crippen molar-refractivity contribution in [1.82, 2.24) is 0 Å². The topological polar surface area (TPSA) is 53.9 Å². The molecular formula is C36H22BF24NO2. The van der Waals surface area contributed by atoms with Crippen LogP contribution in [-0.4, -0.2) is 25.3 Å². The van der Waals surface area contributed by atoms with Gasteiger partial charge in [-0.25, -0.2) is 4.79 Å². The first-order valence-electron chi connectivity index (χ1n) is 16.7. The summed E-state index contributed by atoms with van der Waals surface area (Å²) in [7, 11) is 1.35. The van der Waals surface area contributed by atoms with Crippen LogP contribution in [0.25, 0.3) is 0 Å². The fourth-order valence-electron chi connectivity index (χ4n) is 6.27. The Hall–Kier alpha value is -5.31. The molecule has 1 atom stereocenters. The number of alkyl halides is 24. The zero-order chi connectivity index (χ0) is 49.8. The second-order valence-corrected chi connectivity index (χ2v) is 13.6. The maximum Gasteiger partial charge on any atom is 0.416 e. The predicted octanol–water partition coefficient (Wildman–Crippen LogP) is 10.0. The van der Waals surface area contributed by atoms with Crippen molar-refractivity contribution in [3.63, 3.8) is 0 Å². The van der Waals surface area contributed by atoms with Gasteiger partial charge in [0.25, 0.3) is 0 Å². The molecule has 0 aliphatic rings. The first kappa shape index (κ1) is 53.0. The van der Waals surface area contributed by atoms with Crippen molar-refractivity contribution in [2.24, 2.45) is 0 Å². The minimum atomic E-state index is -6.13. The smallest absolute Gasteiger partial charge is 0.416 e. The molecule has 4 aromatic carbocycles. The van der Waals surface area contributed by atoms with Gasteiger partial charge in [0.05, 0.1) is 51.6 Å². The Labute approximate surface area is 341 Å². The maximum absolute atomic E-state index is 14.2. The third kappa shape index (κ3) is 12.1. The standard InChI is InChI=1S/C32H12BF24.C4H9NO2/c34-25(35,36)13-1-14(26(37,38)39)6-21(5-13)33(22-7-15(27(40,41)42)2-16(8-22)28(43,44)45,23-9-17(29(46,47)48)3-18(10-23)30(49,50)51)24-11-19(31(52,53)54)4-20(12-24)32(55,56)57;1-3(5)4(6)7-2/h1-12H;3H,5H2,1-2H3/q-1;/p+1/t;3-/m.0/s1. The number of quaternary nitrogens is 1. The number of halogens is 24. The number of esters is 1. The fourth-order valence-corrected chi connectivity index (χ4v) is 6.27. The number of rotatable bonds is 5. The van der Waals surface area contributed by atoms with Crippen LogP contribution in [0, 0.1) is 0 Å². The van der Waals surface area contributed by atoms with Crippen LogP contribution in [0.2, 0.25) is 0 Å². The monoisotopic (exact) mass is 967 g/mol. The lowest BCUT2D eigenvalue weighted by atomic mass is 9.12. The van der Waals surface area contributed by atoms with E-state index in [4.69, 9.17) is 0 Å². The molecule has 0 aromatic heterocycles. The van der Waals surface area contributed by atoms with Gasteiger partial charge in [-0.15, -0.1) is 0 Å². The molecular weight excluding hydrogens is 945 g/mol. The summed E-state index contributed by atoms with van der Waals surface area (Å²) in [5, 5.41) is 0. The van der Waals surface area contributed by atoms with Gasteiger partial charge in [-0.1, -0.05) is 48.5 Å². The van der Waals surface area contributed by atoms with Gasteiger partial charge >= 0.3 is 55.4 Å². The number of methoxy groups -OCH3 is 1. The Kier molecular flexibility index (Phi) is 14.3. The van der Waals surface area contributed by atoms with Gasteiger partial charge in [-0.2, -0.15) is 127 Å². The molecule has 0 radical (unpaired) electrons. The molecule has 0 spiro atoms. The van der Waals surface area contributed by atoms with Crippen molar-refractivity contribution in [1.29, 1.82) is 0 Å². The van der Waals surface area contributed by atoms with E-state index in [9.17, 15) is 110 Å². The fraction of sp³-hybridized carbons (Fsp3) is 0.306. The van der Waals surface area contributed by atoms with Crippen LogP contribution in [0.5, 0.6) is 0 Å². The Morgan fingerprint density at radius 2 is 0.516 bits per heavy atom. The van der Waals surface area contributed by atoms with Crippen LogP contribution in [-0.2, 0) is 58.9 Å². The number of ether oxygens (including phenoxy) is 1. The van der Waals surface area contributed by atoms with E-state index in [0.717, 1.165) is 0 Å². The summed E-state index contributed by atoms with van der Waals surface area (Å²) in [5.74, 6) is -0.264. The van der Waals surface area contributed by atoms with Crippen LogP contribution in [0.1, 0.15) is 51.4 Å². The number of benzene rings is 4. The molecule has 0 heterocycles. The summed E-state index contributed by atoms with van der Waals surface area (Å²) in [5.41, 5.74) is -26.8. The highest BCUT2D eigenvalue weighted by Crippen LogP contribution is 2.41. The summed E-state index contributed by atoms with van der Waals surface area (Å²) < 4.78 is 345. The Balaban J connectivity index is 0.00000143. The predicted molar refractivity (Wildman–Crippen MR) is 174 cm³/mol. The third-order valence-corrected chi connectivity index (χ3v) is 9.04. The lowest BCUT2D eigenvalue weighted by molar-refractivity contribution is -0.402. The van der Waals surface area contributed by atoms with E-state index in [-0.39, 0.29) is 12.0 Å². The zero-order valence-electron chi connectivity index (χ0n) is 31.2. The molecule has 3 nitrogen and oxygen atoms in total. The molecule has 64 heavy (non-hydrogen) atoms. The molecule has 4 rings (SSSR count). The number of hydrogen-bond donors (Lipinski definition) is 1. The molecule has 4 aromatic rings. The van der Waals surface area contributed by atoms with Crippen molar-refractivity contribution >= 4 is 34.0 Å². The van der Waals surface area contributed by atoms with E-state index in [1.54, 1.807) is 6.92 Å². The molecule has 0 amide bonds. The Bertz CT molecular complexity index is 1890. The van der Waals surface area contributed by atoms with E-state index in [0.29, 0.717) is 0 Å². The third-order valence-electron chi connectivity index (χ3n) is 9.04. The first-order chi connectivity index (χ1) is 28.4. The highest BCUT2D eigenvalue weighted by Gasteiger charge is 2.47. The van der Waals surface area contributed by atoms with Crippen molar-refractivity contribution in [2.75, 3.05) is 7.11 Å². The summed E-state index contributed by atoms with van der Waals surface area (Å²) in [6, 6.07) is -9.06. The highest BCUT2D eigenvalue weighted by atomic mass is 19.4. The van der Waals surface area contributed by atoms with Crippen LogP contribution in [0.4, 0.5) is 105 Å². The largest absolute Gasteiger partial charge is 0.465 e. The Morgan fingerprint density at radius 3 is 0.594 bits per heavy atom. The summed E-state index contributed by atoms with van der Waals surface area (Å²) in [6.45, 7) is 1.69. The lowest BCUT2D eigenvalue weighted by Gasteiger charge is -2.46. The average Bonchev–Trinajstić information content (AvgIpc) is 3.11. The van der Waals surface area contributed by atoms with Gasteiger partial charge in [-0.05, 0) is 31.2 Å². The minimum absolute atomic E-state index is 0.245. The molecule has 0 saturated heterocycles. The second kappa shape index (κ2) is 17.2. The SMILES string of the molecule is COC(=O)[C@H](C)[NH3+].FC(F)(F)c1cc([B-](c2cc(C(F)(F)F)cc(C(F)(F)F)c2)(c2cc(C(F)(F)F)cc(C(F)(F)F)c2)c2cc(C(F)(F)F)cc(C(F)(F)F)c2)cc(C(F)(F)F)c1. The molecule has 0 saturated carbocycles. The van der Waals surface area contributed by atoms with E-state index in [1.165, 1.54) is 7.11 Å². The number of carbonyl (C=O) groups is 1. The average molecular weight is 967 g/mol. The molecule has 0 bridgehead atoms. The van der Waals surface area contributed by atoms with Crippen molar-refractivity contribution in [2.45, 2.75) is 62.4 Å². The van der Waals surface area contributed by atoms with E-state index >= 15 is 0 Å². The summed E-state index contributed by atoms with van der Waals surface area (Å²) in [6.07, 6.45) is -54.8. The molecule has 0 unspecified atom stereocenters. The maximum atomic E-state index is 14.2. The van der Waals surface area contributed by atoms with Crippen LogP contribution < -0.4 is 27.6 Å². The van der Waals surface area contributed by atoms with Crippen LogP contribution >= 0.6 is 0 Å². The van der Waals surface area contributed by atoms with Gasteiger partial charge in [0, 0.05) is 0 Å². The van der Waals surface area contributed by atoms with Gasteiger partial charge in [0.15, 0.2) is 6.04 Å². The molecule has 0 aliphatic carbocycles. The molecule has 0 fully saturated rings. The quantitative estimate of drug-likeness (QED) is 0.123. The second-order valence-electron chi connectivity index (χ2n) is 13.6. The molecule has 28 heteroatoms. The van der Waals surface area contributed by atoms with Crippen molar-refractivity contribution in [3.8, 4) is 0 Å². The first-order valence-corrected chi connectivity index (χ1v) is 16.7.